The molecule has 0 aromatic heterocycles. The Morgan fingerprint density at radius 1 is 0.659 bits per heavy atom. The molecule has 0 aromatic carbocycles. The highest BCUT2D eigenvalue weighted by Gasteiger charge is 2.18. The zero-order valence-electron chi connectivity index (χ0n) is 29.3. The first-order valence-corrected chi connectivity index (χ1v) is 18.9. The van der Waals surface area contributed by atoms with E-state index in [9.17, 15) is 14.4 Å². The smallest absolute Gasteiger partial charge is 0.306 e. The van der Waals surface area contributed by atoms with Crippen molar-refractivity contribution in [1.82, 2.24) is 9.80 Å². The molecule has 8 heteroatoms. The normalized spacial score (nSPS) is 12.1. The quantitative estimate of drug-likeness (QED) is 0.0440. The largest absolute Gasteiger partial charge is 0.462 e. The van der Waals surface area contributed by atoms with Gasteiger partial charge in [0, 0.05) is 38.2 Å². The van der Waals surface area contributed by atoms with Crippen molar-refractivity contribution >= 4 is 28.9 Å². The molecule has 0 saturated heterocycles. The zero-order valence-corrected chi connectivity index (χ0v) is 30.1. The topological polar surface area (TPSA) is 76.1 Å². The second-order valence-electron chi connectivity index (χ2n) is 12.3. The minimum atomic E-state index is -0.239. The summed E-state index contributed by atoms with van der Waals surface area (Å²) in [6, 6.07) is 0. The lowest BCUT2D eigenvalue weighted by atomic mass is 10.0. The number of unbranched alkanes of at least 4 members (excludes halogenated alkanes) is 11. The van der Waals surface area contributed by atoms with Gasteiger partial charge in [-0.3, -0.25) is 14.4 Å². The van der Waals surface area contributed by atoms with Gasteiger partial charge < -0.3 is 19.3 Å². The highest BCUT2D eigenvalue weighted by molar-refractivity contribution is 8.13. The van der Waals surface area contributed by atoms with Gasteiger partial charge >= 0.3 is 11.9 Å². The fourth-order valence-corrected chi connectivity index (χ4v) is 5.90. The van der Waals surface area contributed by atoms with Gasteiger partial charge in [0.2, 0.25) is 0 Å². The number of amides is 1. The number of hydrogen-bond donors (Lipinski definition) is 0. The minimum Gasteiger partial charge on any atom is -0.462 e. The summed E-state index contributed by atoms with van der Waals surface area (Å²) >= 11 is 1.30. The first-order chi connectivity index (χ1) is 21.3. The summed E-state index contributed by atoms with van der Waals surface area (Å²) in [7, 11) is 3.98. The third-order valence-corrected chi connectivity index (χ3v) is 8.57. The number of hydrogen-bond acceptors (Lipinski definition) is 7. The third-order valence-electron chi connectivity index (χ3n) is 7.68. The summed E-state index contributed by atoms with van der Waals surface area (Å²) in [6.07, 6.45) is 24.3. The second-order valence-corrected chi connectivity index (χ2v) is 13.3. The Labute approximate surface area is 275 Å². The zero-order chi connectivity index (χ0) is 32.7. The summed E-state index contributed by atoms with van der Waals surface area (Å²) in [4.78, 5) is 41.8. The molecule has 0 aliphatic rings. The van der Waals surface area contributed by atoms with Crippen LogP contribution in [0.1, 0.15) is 149 Å². The Bertz CT molecular complexity index is 731. The fraction of sp³-hybridized carbons (Fsp3) is 0.861. The minimum absolute atomic E-state index is 0.000436. The molecule has 1 atom stereocenters. The van der Waals surface area contributed by atoms with Gasteiger partial charge in [-0.05, 0) is 65.5 Å². The number of carbonyl (C=O) groups excluding carboxylic acids is 3. The van der Waals surface area contributed by atoms with Crippen molar-refractivity contribution in [3.8, 4) is 0 Å². The molecule has 44 heavy (non-hydrogen) atoms. The van der Waals surface area contributed by atoms with Crippen molar-refractivity contribution in [3.05, 3.63) is 12.2 Å². The van der Waals surface area contributed by atoms with Gasteiger partial charge in [0.1, 0.15) is 12.7 Å². The van der Waals surface area contributed by atoms with Crippen LogP contribution in [0.3, 0.4) is 0 Å². The van der Waals surface area contributed by atoms with E-state index in [0.29, 0.717) is 44.7 Å². The molecular formula is C36H68N2O5S. The Hall–Kier alpha value is -1.54. The molecule has 0 rings (SSSR count). The van der Waals surface area contributed by atoms with Crippen LogP contribution in [0.5, 0.6) is 0 Å². The van der Waals surface area contributed by atoms with E-state index >= 15 is 0 Å². The van der Waals surface area contributed by atoms with Crippen LogP contribution < -0.4 is 0 Å². The van der Waals surface area contributed by atoms with Crippen molar-refractivity contribution in [3.63, 3.8) is 0 Å². The summed E-state index contributed by atoms with van der Waals surface area (Å²) < 4.78 is 11.3. The predicted molar refractivity (Wildman–Crippen MR) is 187 cm³/mol. The molecule has 0 bridgehead atoms. The maximum absolute atomic E-state index is 13.0. The van der Waals surface area contributed by atoms with Gasteiger partial charge in [0.05, 0.1) is 0 Å². The fourth-order valence-electron chi connectivity index (χ4n) is 4.90. The van der Waals surface area contributed by atoms with Crippen molar-refractivity contribution in [2.45, 2.75) is 155 Å². The van der Waals surface area contributed by atoms with Crippen LogP contribution in [0.15, 0.2) is 12.2 Å². The summed E-state index contributed by atoms with van der Waals surface area (Å²) in [5.41, 5.74) is 0. The first kappa shape index (κ1) is 42.5. The Balaban J connectivity index is 4.69. The predicted octanol–water partition coefficient (Wildman–Crippen LogP) is 9.58. The SMILES string of the molecule is CCCCCC/C=C\COC(=O)CCCN(CCCC(=O)OC(CCCCCC)CCCCCCC)C(=O)SCCN(C)C. The van der Waals surface area contributed by atoms with Crippen LogP contribution in [-0.4, -0.2) is 79.2 Å². The van der Waals surface area contributed by atoms with E-state index in [1.165, 1.54) is 82.4 Å². The second kappa shape index (κ2) is 31.4. The lowest BCUT2D eigenvalue weighted by Gasteiger charge is -2.23. The van der Waals surface area contributed by atoms with Crippen LogP contribution in [0.4, 0.5) is 4.79 Å². The molecule has 0 N–H and O–H groups in total. The van der Waals surface area contributed by atoms with Crippen molar-refractivity contribution in [2.75, 3.05) is 46.1 Å². The van der Waals surface area contributed by atoms with Gasteiger partial charge in [-0.2, -0.15) is 0 Å². The summed E-state index contributed by atoms with van der Waals surface area (Å²) in [5.74, 6) is 0.306. The molecule has 0 spiro atoms. The van der Waals surface area contributed by atoms with E-state index in [2.05, 4.69) is 31.7 Å². The lowest BCUT2D eigenvalue weighted by Crippen LogP contribution is -2.31. The molecule has 0 radical (unpaired) electrons. The van der Waals surface area contributed by atoms with Crippen LogP contribution in [0, 0.1) is 0 Å². The van der Waals surface area contributed by atoms with E-state index in [4.69, 9.17) is 9.47 Å². The third kappa shape index (κ3) is 28.0. The molecule has 7 nitrogen and oxygen atoms in total. The van der Waals surface area contributed by atoms with Gasteiger partial charge in [-0.25, -0.2) is 0 Å². The van der Waals surface area contributed by atoms with Crippen LogP contribution in [-0.2, 0) is 19.1 Å². The van der Waals surface area contributed by atoms with Crippen LogP contribution in [0.2, 0.25) is 0 Å². The molecule has 1 amide bonds. The monoisotopic (exact) mass is 640 g/mol. The maximum Gasteiger partial charge on any atom is 0.306 e. The molecule has 0 aliphatic heterocycles. The molecule has 258 valence electrons. The van der Waals surface area contributed by atoms with Crippen LogP contribution >= 0.6 is 11.8 Å². The van der Waals surface area contributed by atoms with Crippen LogP contribution in [0.25, 0.3) is 0 Å². The number of allylic oxidation sites excluding steroid dienone is 1. The summed E-state index contributed by atoms with van der Waals surface area (Å²) in [5, 5.41) is 0.000436. The first-order valence-electron chi connectivity index (χ1n) is 17.9. The molecule has 0 aromatic rings. The van der Waals surface area contributed by atoms with E-state index in [1.54, 1.807) is 4.90 Å². The van der Waals surface area contributed by atoms with Crippen molar-refractivity contribution in [1.29, 1.82) is 0 Å². The van der Waals surface area contributed by atoms with E-state index < -0.39 is 0 Å². The Morgan fingerprint density at radius 3 is 1.80 bits per heavy atom. The maximum atomic E-state index is 13.0. The molecular weight excluding hydrogens is 572 g/mol. The van der Waals surface area contributed by atoms with Gasteiger partial charge in [0.25, 0.3) is 5.24 Å². The Morgan fingerprint density at radius 2 is 1.20 bits per heavy atom. The molecule has 1 unspecified atom stereocenters. The van der Waals surface area contributed by atoms with Gasteiger partial charge in [-0.15, -0.1) is 0 Å². The van der Waals surface area contributed by atoms with E-state index in [0.717, 1.165) is 38.6 Å². The molecule has 0 aliphatic carbocycles. The number of esters is 2. The summed E-state index contributed by atoms with van der Waals surface area (Å²) in [6.45, 7) is 8.71. The van der Waals surface area contributed by atoms with Crippen molar-refractivity contribution in [2.24, 2.45) is 0 Å². The van der Waals surface area contributed by atoms with Crippen molar-refractivity contribution < 1.29 is 23.9 Å². The van der Waals surface area contributed by atoms with E-state index in [1.807, 2.05) is 20.2 Å². The number of rotatable bonds is 30. The van der Waals surface area contributed by atoms with Gasteiger partial charge in [-0.1, -0.05) is 109 Å². The average molecular weight is 641 g/mol. The number of thioether (sulfide) groups is 1. The average Bonchev–Trinajstić information content (AvgIpc) is 2.99. The molecule has 0 saturated carbocycles. The number of nitrogens with zero attached hydrogens (tertiary/aromatic N) is 2. The molecule has 0 fully saturated rings. The molecule has 0 heterocycles. The standard InChI is InChI=1S/C36H68N2O5S/c1-6-9-12-15-16-18-21-31-42-34(39)26-22-28-38(36(41)44-32-30-37(4)5)29-23-27-35(40)43-33(24-19-14-11-8-3)25-20-17-13-10-7-2/h18,21,33H,6-17,19-20,22-32H2,1-5H3/b21-18-. The van der Waals surface area contributed by atoms with Gasteiger partial charge in [0.15, 0.2) is 0 Å². The number of ether oxygens (including phenoxy) is 2. The highest BCUT2D eigenvalue weighted by Crippen LogP contribution is 2.18. The van der Waals surface area contributed by atoms with E-state index in [-0.39, 0.29) is 29.7 Å². The lowest BCUT2D eigenvalue weighted by molar-refractivity contribution is -0.150. The number of carbonyl (C=O) groups is 3. The Kier molecular flexibility index (Phi) is 30.3. The highest BCUT2D eigenvalue weighted by atomic mass is 32.2.